The Morgan fingerprint density at radius 3 is 2.52 bits per heavy atom. The minimum Gasteiger partial charge on any atom is -0.494 e. The van der Waals surface area contributed by atoms with Crippen LogP contribution in [0.2, 0.25) is 0 Å². The van der Waals surface area contributed by atoms with Crippen LogP contribution < -0.4 is 10.1 Å². The number of ether oxygens (including phenoxy) is 1. The van der Waals surface area contributed by atoms with Crippen molar-refractivity contribution in [1.82, 2.24) is 5.32 Å². The van der Waals surface area contributed by atoms with Gasteiger partial charge in [-0.05, 0) is 62.6 Å². The van der Waals surface area contributed by atoms with Crippen molar-refractivity contribution < 1.29 is 13.9 Å². The van der Waals surface area contributed by atoms with E-state index in [0.717, 1.165) is 29.5 Å². The predicted molar refractivity (Wildman–Crippen MR) is 89.4 cm³/mol. The molecule has 3 nitrogen and oxygen atoms in total. The molecule has 1 amide bonds. The Hall–Kier alpha value is -2.36. The van der Waals surface area contributed by atoms with Crippen LogP contribution >= 0.6 is 0 Å². The third-order valence-electron chi connectivity index (χ3n) is 3.57. The fraction of sp³-hybridized carbons (Fsp3) is 0.316. The van der Waals surface area contributed by atoms with Gasteiger partial charge >= 0.3 is 0 Å². The van der Waals surface area contributed by atoms with Gasteiger partial charge in [-0.1, -0.05) is 17.7 Å². The molecule has 0 bridgehead atoms. The summed E-state index contributed by atoms with van der Waals surface area (Å²) in [5.41, 5.74) is 2.86. The Morgan fingerprint density at radius 2 is 1.83 bits per heavy atom. The minimum absolute atomic E-state index is 0.0399. The molecule has 0 saturated carbocycles. The van der Waals surface area contributed by atoms with Crippen molar-refractivity contribution in [2.75, 3.05) is 13.2 Å². The number of rotatable bonds is 7. The zero-order valence-electron chi connectivity index (χ0n) is 13.6. The third kappa shape index (κ3) is 5.40. The van der Waals surface area contributed by atoms with Crippen LogP contribution in [-0.4, -0.2) is 19.1 Å². The molecule has 0 heterocycles. The number of aryl methyl sites for hydroxylation is 2. The van der Waals surface area contributed by atoms with E-state index in [1.54, 1.807) is 12.1 Å². The van der Waals surface area contributed by atoms with Gasteiger partial charge in [0, 0.05) is 12.1 Å². The molecular weight excluding hydrogens is 293 g/mol. The molecule has 0 aliphatic rings. The Labute approximate surface area is 136 Å². The van der Waals surface area contributed by atoms with Gasteiger partial charge in [0.15, 0.2) is 0 Å². The second-order valence-corrected chi connectivity index (χ2v) is 5.58. The molecule has 4 heteroatoms. The van der Waals surface area contributed by atoms with Crippen LogP contribution in [0.5, 0.6) is 5.75 Å². The Kier molecular flexibility index (Phi) is 6.15. The topological polar surface area (TPSA) is 38.3 Å². The summed E-state index contributed by atoms with van der Waals surface area (Å²) in [6, 6.07) is 11.8. The molecule has 2 rings (SSSR count). The van der Waals surface area contributed by atoms with Crippen LogP contribution in [0.15, 0.2) is 42.5 Å². The summed E-state index contributed by atoms with van der Waals surface area (Å²) < 4.78 is 18.3. The van der Waals surface area contributed by atoms with Crippen molar-refractivity contribution in [2.24, 2.45) is 0 Å². The average molecular weight is 315 g/mol. The molecule has 0 saturated heterocycles. The molecule has 0 spiro atoms. The maximum atomic E-state index is 12.7. The van der Waals surface area contributed by atoms with E-state index in [0.29, 0.717) is 18.9 Å². The van der Waals surface area contributed by atoms with Gasteiger partial charge in [0.05, 0.1) is 6.61 Å². The smallest absolute Gasteiger partial charge is 0.251 e. The van der Waals surface area contributed by atoms with Crippen molar-refractivity contribution >= 4 is 5.91 Å². The largest absolute Gasteiger partial charge is 0.494 e. The van der Waals surface area contributed by atoms with E-state index < -0.39 is 0 Å². The lowest BCUT2D eigenvalue weighted by Gasteiger charge is -2.09. The van der Waals surface area contributed by atoms with E-state index in [1.807, 2.05) is 32.0 Å². The van der Waals surface area contributed by atoms with Gasteiger partial charge < -0.3 is 10.1 Å². The minimum atomic E-state index is -0.272. The first-order valence-corrected chi connectivity index (χ1v) is 7.80. The molecule has 122 valence electrons. The monoisotopic (exact) mass is 315 g/mol. The number of hydrogen-bond acceptors (Lipinski definition) is 2. The number of carbonyl (C=O) groups is 1. The third-order valence-corrected chi connectivity index (χ3v) is 3.57. The van der Waals surface area contributed by atoms with Crippen molar-refractivity contribution in [2.45, 2.75) is 26.7 Å². The van der Waals surface area contributed by atoms with E-state index in [1.165, 1.54) is 12.1 Å². The van der Waals surface area contributed by atoms with Crippen LogP contribution in [0.1, 0.15) is 34.3 Å². The molecule has 0 aromatic heterocycles. The van der Waals surface area contributed by atoms with Crippen molar-refractivity contribution in [1.29, 1.82) is 0 Å². The Bertz CT molecular complexity index is 653. The highest BCUT2D eigenvalue weighted by atomic mass is 19.1. The zero-order valence-corrected chi connectivity index (χ0v) is 13.6. The Balaban J connectivity index is 1.65. The molecule has 0 radical (unpaired) electrons. The number of benzene rings is 2. The number of carbonyl (C=O) groups excluding carboxylic acids is 1. The van der Waals surface area contributed by atoms with Crippen LogP contribution in [0.25, 0.3) is 0 Å². The number of nitrogens with one attached hydrogen (secondary N) is 1. The molecule has 0 atom stereocenters. The lowest BCUT2D eigenvalue weighted by Crippen LogP contribution is -2.25. The standard InChI is InChI=1S/C19H22FNO2/c1-14-5-10-18(15(2)13-14)19(22)21-11-3-4-12-23-17-8-6-16(20)7-9-17/h5-10,13H,3-4,11-12H2,1-2H3,(H,21,22). The normalized spacial score (nSPS) is 10.4. The molecule has 2 aromatic carbocycles. The van der Waals surface area contributed by atoms with E-state index in [4.69, 9.17) is 4.74 Å². The number of amides is 1. The van der Waals surface area contributed by atoms with Gasteiger partial charge in [-0.15, -0.1) is 0 Å². The summed E-state index contributed by atoms with van der Waals surface area (Å²) in [6.07, 6.45) is 1.66. The molecule has 0 fully saturated rings. The highest BCUT2D eigenvalue weighted by molar-refractivity contribution is 5.95. The Morgan fingerprint density at radius 1 is 1.09 bits per heavy atom. The van der Waals surface area contributed by atoms with Gasteiger partial charge in [-0.2, -0.15) is 0 Å². The van der Waals surface area contributed by atoms with Gasteiger partial charge in [0.1, 0.15) is 11.6 Å². The fourth-order valence-electron chi connectivity index (χ4n) is 2.31. The van der Waals surface area contributed by atoms with Crippen LogP contribution in [0, 0.1) is 19.7 Å². The average Bonchev–Trinajstić information content (AvgIpc) is 2.52. The maximum Gasteiger partial charge on any atom is 0.251 e. The van der Waals surface area contributed by atoms with Crippen molar-refractivity contribution in [3.05, 3.63) is 65.0 Å². The molecule has 0 aliphatic carbocycles. The number of halogens is 1. The van der Waals surface area contributed by atoms with E-state index in [2.05, 4.69) is 5.32 Å². The highest BCUT2D eigenvalue weighted by Crippen LogP contribution is 2.12. The highest BCUT2D eigenvalue weighted by Gasteiger charge is 2.07. The van der Waals surface area contributed by atoms with E-state index in [9.17, 15) is 9.18 Å². The van der Waals surface area contributed by atoms with Gasteiger partial charge in [0.2, 0.25) is 0 Å². The SMILES string of the molecule is Cc1ccc(C(=O)NCCCCOc2ccc(F)cc2)c(C)c1. The fourth-order valence-corrected chi connectivity index (χ4v) is 2.31. The molecular formula is C19H22FNO2. The second kappa shape index (κ2) is 8.32. The quantitative estimate of drug-likeness (QED) is 0.783. The van der Waals surface area contributed by atoms with Gasteiger partial charge in [-0.25, -0.2) is 4.39 Å². The van der Waals surface area contributed by atoms with Gasteiger partial charge in [-0.3, -0.25) is 4.79 Å². The van der Waals surface area contributed by atoms with Gasteiger partial charge in [0.25, 0.3) is 5.91 Å². The molecule has 23 heavy (non-hydrogen) atoms. The van der Waals surface area contributed by atoms with Crippen molar-refractivity contribution in [3.63, 3.8) is 0 Å². The van der Waals surface area contributed by atoms with E-state index >= 15 is 0 Å². The van der Waals surface area contributed by atoms with E-state index in [-0.39, 0.29) is 11.7 Å². The van der Waals surface area contributed by atoms with Crippen LogP contribution in [0.3, 0.4) is 0 Å². The lowest BCUT2D eigenvalue weighted by molar-refractivity contribution is 0.0951. The first-order valence-electron chi connectivity index (χ1n) is 7.80. The number of unbranched alkanes of at least 4 members (excludes halogenated alkanes) is 1. The predicted octanol–water partition coefficient (Wildman–Crippen LogP) is 4.03. The summed E-state index contributed by atoms with van der Waals surface area (Å²) in [6.45, 7) is 5.11. The molecule has 2 aromatic rings. The maximum absolute atomic E-state index is 12.7. The molecule has 0 unspecified atom stereocenters. The first kappa shape index (κ1) is 17.0. The van der Waals surface area contributed by atoms with Crippen LogP contribution in [0.4, 0.5) is 4.39 Å². The zero-order chi connectivity index (χ0) is 16.7. The summed E-state index contributed by atoms with van der Waals surface area (Å²) >= 11 is 0. The summed E-state index contributed by atoms with van der Waals surface area (Å²) in [7, 11) is 0. The number of hydrogen-bond donors (Lipinski definition) is 1. The second-order valence-electron chi connectivity index (χ2n) is 5.58. The molecule has 0 aliphatic heterocycles. The summed E-state index contributed by atoms with van der Waals surface area (Å²) in [4.78, 5) is 12.1. The first-order chi connectivity index (χ1) is 11.1. The van der Waals surface area contributed by atoms with Crippen LogP contribution in [-0.2, 0) is 0 Å². The summed E-state index contributed by atoms with van der Waals surface area (Å²) in [5.74, 6) is 0.346. The lowest BCUT2D eigenvalue weighted by atomic mass is 10.1. The molecule has 1 N–H and O–H groups in total. The summed E-state index contributed by atoms with van der Waals surface area (Å²) in [5, 5.41) is 2.92. The van der Waals surface area contributed by atoms with Crippen molar-refractivity contribution in [3.8, 4) is 5.75 Å².